The molecule has 6 nitrogen and oxygen atoms in total. The molecule has 1 aliphatic carbocycles. The fraction of sp³-hybridized carbons (Fsp3) is 0.292. The fourth-order valence-corrected chi connectivity index (χ4v) is 4.91. The van der Waals surface area contributed by atoms with Crippen molar-refractivity contribution in [1.29, 1.82) is 15.8 Å². The average Bonchev–Trinajstić information content (AvgIpc) is 2.78. The molecule has 2 atom stereocenters. The highest BCUT2D eigenvalue weighted by Crippen LogP contribution is 2.56. The summed E-state index contributed by atoms with van der Waals surface area (Å²) in [4.78, 5) is 2.12. The van der Waals surface area contributed by atoms with E-state index in [0.29, 0.717) is 18.8 Å². The van der Waals surface area contributed by atoms with Crippen LogP contribution in [0.4, 0.5) is 0 Å². The molecule has 30 heavy (non-hydrogen) atoms. The van der Waals surface area contributed by atoms with E-state index in [2.05, 4.69) is 23.1 Å². The summed E-state index contributed by atoms with van der Waals surface area (Å²) in [7, 11) is 3.57. The lowest BCUT2D eigenvalue weighted by Gasteiger charge is -2.45. The first-order valence-electron chi connectivity index (χ1n) is 9.69. The molecule has 148 valence electrons. The van der Waals surface area contributed by atoms with E-state index in [9.17, 15) is 15.8 Å². The molecule has 0 saturated heterocycles. The van der Waals surface area contributed by atoms with Gasteiger partial charge in [-0.25, -0.2) is 0 Å². The Morgan fingerprint density at radius 2 is 1.87 bits per heavy atom. The molecule has 2 aromatic rings. The number of nitrogens with zero attached hydrogens (tertiary/aromatic N) is 4. The second kappa shape index (κ2) is 7.23. The molecule has 0 unspecified atom stereocenters. The summed E-state index contributed by atoms with van der Waals surface area (Å²) in [6.07, 6.45) is 1.99. The average molecular weight is 395 g/mol. The molecule has 0 radical (unpaired) electrons. The number of fused-ring (bicyclic) bond motifs is 2. The minimum Gasteiger partial charge on any atom is -0.496 e. The summed E-state index contributed by atoms with van der Waals surface area (Å²) < 4.78 is 5.71. The molecule has 1 aliphatic heterocycles. The van der Waals surface area contributed by atoms with Crippen LogP contribution in [0.25, 0.3) is 10.8 Å². The lowest BCUT2D eigenvalue weighted by molar-refractivity contribution is 0.235. The molecule has 0 aromatic heterocycles. The minimum atomic E-state index is -1.68. The minimum absolute atomic E-state index is 0.0297. The molecule has 1 heterocycles. The van der Waals surface area contributed by atoms with E-state index in [0.717, 1.165) is 21.9 Å². The first kappa shape index (κ1) is 19.5. The van der Waals surface area contributed by atoms with E-state index in [4.69, 9.17) is 10.5 Å². The van der Waals surface area contributed by atoms with Crippen LogP contribution in [0.1, 0.15) is 11.5 Å². The maximum atomic E-state index is 10.3. The number of allylic oxidation sites excluding steroid dienone is 2. The van der Waals surface area contributed by atoms with Crippen LogP contribution in [0, 0.1) is 45.3 Å². The summed E-state index contributed by atoms with van der Waals surface area (Å²) in [5.41, 5.74) is 6.62. The van der Waals surface area contributed by atoms with Crippen LogP contribution < -0.4 is 10.5 Å². The highest BCUT2D eigenvalue weighted by Gasteiger charge is 2.55. The molecule has 2 aliphatic rings. The summed E-state index contributed by atoms with van der Waals surface area (Å²) in [5, 5.41) is 32.3. The van der Waals surface area contributed by atoms with Crippen LogP contribution in [0.15, 0.2) is 59.3 Å². The van der Waals surface area contributed by atoms with Crippen LogP contribution in [0.5, 0.6) is 5.75 Å². The highest BCUT2D eigenvalue weighted by molar-refractivity contribution is 5.89. The van der Waals surface area contributed by atoms with E-state index in [1.54, 1.807) is 7.11 Å². The number of nitrogens with two attached hydrogens (primary N) is 1. The van der Waals surface area contributed by atoms with Gasteiger partial charge in [-0.15, -0.1) is 0 Å². The first-order chi connectivity index (χ1) is 14.5. The number of hydrogen-bond acceptors (Lipinski definition) is 6. The number of likely N-dealkylation sites (N-methyl/N-ethyl adjacent to an activating group) is 1. The van der Waals surface area contributed by atoms with Gasteiger partial charge in [0.2, 0.25) is 0 Å². The molecule has 2 aromatic carbocycles. The maximum Gasteiger partial charge on any atom is 0.191 e. The molecule has 6 heteroatoms. The van der Waals surface area contributed by atoms with E-state index < -0.39 is 11.3 Å². The van der Waals surface area contributed by atoms with Gasteiger partial charge >= 0.3 is 0 Å². The van der Waals surface area contributed by atoms with Crippen molar-refractivity contribution in [2.45, 2.75) is 5.92 Å². The van der Waals surface area contributed by atoms with Crippen LogP contribution in [0.2, 0.25) is 0 Å². The van der Waals surface area contributed by atoms with Gasteiger partial charge in [0.05, 0.1) is 30.5 Å². The number of ether oxygens (including phenoxy) is 1. The maximum absolute atomic E-state index is 10.3. The van der Waals surface area contributed by atoms with Crippen molar-refractivity contribution < 1.29 is 4.74 Å². The number of methoxy groups -OCH3 is 1. The summed E-state index contributed by atoms with van der Waals surface area (Å²) in [5.74, 6) is -0.223. The third kappa shape index (κ3) is 2.57. The standard InChI is InChI=1S/C24H21N5O/c1-29-10-9-17-18(11-25)23(28)24(13-26,14-27)22(19(17)12-29)21-16-6-4-3-5-15(16)7-8-20(21)30-2/h3-9,19,22H,10,12,28H2,1-2H3/t19-,22+/m1/s1. The number of hydrogen-bond donors (Lipinski definition) is 1. The van der Waals surface area contributed by atoms with Gasteiger partial charge in [0, 0.05) is 30.5 Å². The molecule has 0 saturated carbocycles. The van der Waals surface area contributed by atoms with Gasteiger partial charge in [-0.3, -0.25) is 0 Å². The van der Waals surface area contributed by atoms with Crippen molar-refractivity contribution >= 4 is 10.8 Å². The Labute approximate surface area is 175 Å². The second-order valence-electron chi connectivity index (χ2n) is 7.80. The Kier molecular flexibility index (Phi) is 4.70. The zero-order chi connectivity index (χ0) is 21.5. The zero-order valence-corrected chi connectivity index (χ0v) is 16.9. The Bertz CT molecular complexity index is 1210. The first-order valence-corrected chi connectivity index (χ1v) is 9.69. The zero-order valence-electron chi connectivity index (χ0n) is 16.9. The topological polar surface area (TPSA) is 110 Å². The third-order valence-corrected chi connectivity index (χ3v) is 6.31. The van der Waals surface area contributed by atoms with Gasteiger partial charge in [0.1, 0.15) is 11.8 Å². The SMILES string of the molecule is COc1ccc2ccccc2c1[C@@H]1[C@@H]2CN(C)CC=C2C(C#N)=C(N)C1(C#N)C#N. The molecule has 0 fully saturated rings. The smallest absolute Gasteiger partial charge is 0.191 e. The van der Waals surface area contributed by atoms with E-state index in [1.165, 1.54) is 0 Å². The van der Waals surface area contributed by atoms with Crippen molar-refractivity contribution in [3.8, 4) is 24.0 Å². The largest absolute Gasteiger partial charge is 0.496 e. The van der Waals surface area contributed by atoms with E-state index >= 15 is 0 Å². The van der Waals surface area contributed by atoms with E-state index in [-0.39, 0.29) is 17.2 Å². The number of nitriles is 3. The Hall–Kier alpha value is -3.79. The molecule has 2 N–H and O–H groups in total. The molecule has 0 spiro atoms. The van der Waals surface area contributed by atoms with Crippen LogP contribution >= 0.6 is 0 Å². The lowest BCUT2D eigenvalue weighted by atomic mass is 9.57. The molecule has 0 bridgehead atoms. The number of benzene rings is 2. The normalized spacial score (nSPS) is 23.0. The molecular weight excluding hydrogens is 374 g/mol. The van der Waals surface area contributed by atoms with Gasteiger partial charge in [-0.1, -0.05) is 36.4 Å². The predicted octanol–water partition coefficient (Wildman–Crippen LogP) is 3.20. The summed E-state index contributed by atoms with van der Waals surface area (Å²) in [6.45, 7) is 1.28. The molecule has 0 amide bonds. The number of rotatable bonds is 2. The van der Waals surface area contributed by atoms with Crippen molar-refractivity contribution in [2.24, 2.45) is 17.1 Å². The molecule has 4 rings (SSSR count). The predicted molar refractivity (Wildman–Crippen MR) is 113 cm³/mol. The fourth-order valence-electron chi connectivity index (χ4n) is 4.91. The summed E-state index contributed by atoms with van der Waals surface area (Å²) in [6, 6.07) is 18.2. The lowest BCUT2D eigenvalue weighted by Crippen LogP contribution is -2.47. The van der Waals surface area contributed by atoms with Gasteiger partial charge in [0.15, 0.2) is 5.41 Å². The van der Waals surface area contributed by atoms with Crippen molar-refractivity contribution in [3.63, 3.8) is 0 Å². The van der Waals surface area contributed by atoms with Gasteiger partial charge < -0.3 is 15.4 Å². The van der Waals surface area contributed by atoms with Crippen LogP contribution in [-0.4, -0.2) is 32.1 Å². The van der Waals surface area contributed by atoms with Gasteiger partial charge in [-0.2, -0.15) is 15.8 Å². The Morgan fingerprint density at radius 1 is 1.13 bits per heavy atom. The Balaban J connectivity index is 2.15. The van der Waals surface area contributed by atoms with E-state index in [1.807, 2.05) is 49.5 Å². The van der Waals surface area contributed by atoms with Crippen LogP contribution in [-0.2, 0) is 0 Å². The van der Waals surface area contributed by atoms with Gasteiger partial charge in [-0.05, 0) is 29.5 Å². The Morgan fingerprint density at radius 3 is 2.53 bits per heavy atom. The summed E-state index contributed by atoms with van der Waals surface area (Å²) >= 11 is 0. The quantitative estimate of drug-likeness (QED) is 0.836. The van der Waals surface area contributed by atoms with Crippen LogP contribution in [0.3, 0.4) is 0 Å². The third-order valence-electron chi connectivity index (χ3n) is 6.31. The monoisotopic (exact) mass is 395 g/mol. The molecular formula is C24H21N5O. The van der Waals surface area contributed by atoms with Gasteiger partial charge in [0.25, 0.3) is 0 Å². The highest BCUT2D eigenvalue weighted by atomic mass is 16.5. The second-order valence-corrected chi connectivity index (χ2v) is 7.80. The van der Waals surface area contributed by atoms with Crippen molar-refractivity contribution in [1.82, 2.24) is 4.90 Å². The van der Waals surface area contributed by atoms with Crippen molar-refractivity contribution in [3.05, 3.63) is 64.9 Å². The van der Waals surface area contributed by atoms with Crippen molar-refractivity contribution in [2.75, 3.05) is 27.2 Å².